The maximum absolute atomic E-state index is 13.7. The predicted molar refractivity (Wildman–Crippen MR) is 134 cm³/mol. The van der Waals surface area contributed by atoms with Crippen LogP contribution in [0.25, 0.3) is 22.2 Å². The zero-order chi connectivity index (χ0) is 26.2. The number of ether oxygens (including phenoxy) is 3. The number of nitriles is 1. The normalized spacial score (nSPS) is 18.6. The number of amides is 1. The molecule has 0 aliphatic carbocycles. The predicted octanol–water partition coefficient (Wildman–Crippen LogP) is 3.34. The number of cyclic esters (lactones) is 1. The lowest BCUT2D eigenvalue weighted by Gasteiger charge is -2.32. The Hall–Kier alpha value is -4.85. The Labute approximate surface area is 216 Å². The first kappa shape index (κ1) is 23.5. The molecule has 0 bridgehead atoms. The molecule has 2 aliphatic heterocycles. The Balaban J connectivity index is 1.40. The molecule has 11 nitrogen and oxygen atoms in total. The van der Waals surface area contributed by atoms with Crippen LogP contribution in [0.1, 0.15) is 24.0 Å². The van der Waals surface area contributed by atoms with Crippen molar-refractivity contribution in [2.24, 2.45) is 0 Å². The fourth-order valence-corrected chi connectivity index (χ4v) is 4.98. The largest absolute Gasteiger partial charge is 0.489 e. The number of piperidine rings is 1. The third kappa shape index (κ3) is 4.20. The summed E-state index contributed by atoms with van der Waals surface area (Å²) in [4.78, 5) is 36.0. The van der Waals surface area contributed by atoms with Crippen LogP contribution in [0.2, 0.25) is 0 Å². The fourth-order valence-electron chi connectivity index (χ4n) is 4.98. The van der Waals surface area contributed by atoms with Crippen molar-refractivity contribution in [2.75, 3.05) is 20.3 Å². The van der Waals surface area contributed by atoms with Gasteiger partial charge in [0.25, 0.3) is 11.6 Å². The van der Waals surface area contributed by atoms with E-state index in [0.717, 1.165) is 5.56 Å². The molecule has 11 heteroatoms. The molecule has 0 unspecified atom stereocenters. The molecule has 2 saturated heterocycles. The van der Waals surface area contributed by atoms with Crippen molar-refractivity contribution in [3.63, 3.8) is 0 Å². The van der Waals surface area contributed by atoms with Crippen molar-refractivity contribution in [3.8, 4) is 29.2 Å². The Morgan fingerprint density at radius 1 is 1.21 bits per heavy atom. The molecule has 0 radical (unpaired) electrons. The van der Waals surface area contributed by atoms with Crippen molar-refractivity contribution in [1.82, 2.24) is 19.4 Å². The first-order chi connectivity index (χ1) is 18.5. The summed E-state index contributed by atoms with van der Waals surface area (Å²) in [5.74, 6) is 0.938. The molecular formula is C27H23N5O6. The van der Waals surface area contributed by atoms with E-state index < -0.39 is 0 Å². The Morgan fingerprint density at radius 2 is 2.05 bits per heavy atom. The molecule has 0 N–H and O–H groups in total. The first-order valence-corrected chi connectivity index (χ1v) is 12.1. The SMILES string of the molecule is COc1nc2cc(-c3cnco3)c(O[C@H]3CCN4C(=O)OC[C@@H]4C3)cc2c(=O)n1Cc1ccc(C#N)cc1. The molecule has 2 aliphatic rings. The van der Waals surface area contributed by atoms with E-state index in [-0.39, 0.29) is 36.4 Å². The average Bonchev–Trinajstić information content (AvgIpc) is 3.61. The zero-order valence-corrected chi connectivity index (χ0v) is 20.5. The standard InChI is InChI=1S/C27H23N5O6/c1-35-26-30-22-9-21(24-12-29-15-37-24)23(38-19-6-7-31-18(8-19)14-36-27(31)34)10-20(22)25(33)32(26)13-17-4-2-16(11-28)3-5-17/h2-5,9-10,12,15,18-19H,6-8,13-14H2,1H3/t18-,19-/m0/s1. The van der Waals surface area contributed by atoms with Gasteiger partial charge in [-0.2, -0.15) is 10.2 Å². The molecule has 0 spiro atoms. The Morgan fingerprint density at radius 3 is 2.79 bits per heavy atom. The van der Waals surface area contributed by atoms with E-state index in [1.165, 1.54) is 18.1 Å². The van der Waals surface area contributed by atoms with Crippen molar-refractivity contribution in [1.29, 1.82) is 5.26 Å². The second-order valence-electron chi connectivity index (χ2n) is 9.22. The summed E-state index contributed by atoms with van der Waals surface area (Å²) < 4.78 is 24.1. The average molecular weight is 514 g/mol. The van der Waals surface area contributed by atoms with Crippen LogP contribution in [0.5, 0.6) is 11.8 Å². The maximum Gasteiger partial charge on any atom is 0.410 e. The molecule has 2 aromatic heterocycles. The van der Waals surface area contributed by atoms with Gasteiger partial charge in [0, 0.05) is 19.4 Å². The van der Waals surface area contributed by atoms with Crippen molar-refractivity contribution < 1.29 is 23.4 Å². The minimum absolute atomic E-state index is 0.0361. The van der Waals surface area contributed by atoms with Gasteiger partial charge in [0.05, 0.1) is 54.0 Å². The number of rotatable bonds is 6. The molecule has 38 heavy (non-hydrogen) atoms. The van der Waals surface area contributed by atoms with Gasteiger partial charge in [-0.1, -0.05) is 12.1 Å². The zero-order valence-electron chi connectivity index (χ0n) is 20.5. The highest BCUT2D eigenvalue weighted by Crippen LogP contribution is 2.36. The lowest BCUT2D eigenvalue weighted by atomic mass is 10.0. The summed E-state index contributed by atoms with van der Waals surface area (Å²) in [6, 6.07) is 12.6. The van der Waals surface area contributed by atoms with Crippen LogP contribution >= 0.6 is 0 Å². The van der Waals surface area contributed by atoms with Gasteiger partial charge in [-0.25, -0.2) is 9.78 Å². The third-order valence-corrected chi connectivity index (χ3v) is 6.92. The van der Waals surface area contributed by atoms with Gasteiger partial charge in [0.1, 0.15) is 18.5 Å². The molecule has 1 amide bonds. The Kier molecular flexibility index (Phi) is 5.92. The van der Waals surface area contributed by atoms with Gasteiger partial charge in [-0.15, -0.1) is 0 Å². The molecule has 2 fully saturated rings. The summed E-state index contributed by atoms with van der Waals surface area (Å²) in [5, 5.41) is 9.43. The lowest BCUT2D eigenvalue weighted by molar-refractivity contribution is 0.0940. The van der Waals surface area contributed by atoms with Crippen LogP contribution in [-0.2, 0) is 11.3 Å². The molecule has 2 aromatic carbocycles. The Bertz CT molecular complexity index is 1610. The summed E-state index contributed by atoms with van der Waals surface area (Å²) in [6.45, 7) is 1.09. The molecular weight excluding hydrogens is 490 g/mol. The van der Waals surface area contributed by atoms with E-state index in [0.29, 0.717) is 59.5 Å². The van der Waals surface area contributed by atoms with Crippen LogP contribution in [0.4, 0.5) is 4.79 Å². The molecule has 192 valence electrons. The molecule has 2 atom stereocenters. The third-order valence-electron chi connectivity index (χ3n) is 6.92. The second-order valence-corrected chi connectivity index (χ2v) is 9.22. The molecule has 0 saturated carbocycles. The number of hydrogen-bond donors (Lipinski definition) is 0. The van der Waals surface area contributed by atoms with Crippen molar-refractivity contribution >= 4 is 17.0 Å². The topological polar surface area (TPSA) is 133 Å². The molecule has 6 rings (SSSR count). The monoisotopic (exact) mass is 513 g/mol. The van der Waals surface area contributed by atoms with Gasteiger partial charge >= 0.3 is 6.09 Å². The maximum atomic E-state index is 13.7. The van der Waals surface area contributed by atoms with E-state index in [9.17, 15) is 9.59 Å². The van der Waals surface area contributed by atoms with Crippen LogP contribution in [0.15, 0.2) is 58.2 Å². The molecule has 4 heterocycles. The smallest absolute Gasteiger partial charge is 0.410 e. The molecule has 4 aromatic rings. The number of carbonyl (C=O) groups excluding carboxylic acids is 1. The number of fused-ring (bicyclic) bond motifs is 2. The van der Waals surface area contributed by atoms with Gasteiger partial charge in [0.15, 0.2) is 12.2 Å². The van der Waals surface area contributed by atoms with Gasteiger partial charge in [-0.05, 0) is 29.8 Å². The highest BCUT2D eigenvalue weighted by Gasteiger charge is 2.39. The van der Waals surface area contributed by atoms with E-state index >= 15 is 0 Å². The summed E-state index contributed by atoms with van der Waals surface area (Å²) >= 11 is 0. The highest BCUT2D eigenvalue weighted by atomic mass is 16.6. The second kappa shape index (κ2) is 9.55. The van der Waals surface area contributed by atoms with Gasteiger partial charge in [-0.3, -0.25) is 9.36 Å². The van der Waals surface area contributed by atoms with Crippen LogP contribution in [0, 0.1) is 11.3 Å². The number of carbonyl (C=O) groups is 1. The summed E-state index contributed by atoms with van der Waals surface area (Å²) in [7, 11) is 1.46. The number of benzene rings is 2. The minimum Gasteiger partial charge on any atom is -0.489 e. The van der Waals surface area contributed by atoms with Crippen LogP contribution in [0.3, 0.4) is 0 Å². The minimum atomic E-state index is -0.296. The first-order valence-electron chi connectivity index (χ1n) is 12.1. The highest BCUT2D eigenvalue weighted by molar-refractivity contribution is 5.86. The fraction of sp³-hybridized carbons (Fsp3) is 0.296. The van der Waals surface area contributed by atoms with Crippen LogP contribution < -0.4 is 15.0 Å². The summed E-state index contributed by atoms with van der Waals surface area (Å²) in [6.07, 6.45) is 3.67. The summed E-state index contributed by atoms with van der Waals surface area (Å²) in [5.41, 5.74) is 2.09. The number of hydrogen-bond acceptors (Lipinski definition) is 9. The van der Waals surface area contributed by atoms with E-state index in [1.807, 2.05) is 0 Å². The van der Waals surface area contributed by atoms with Crippen LogP contribution in [-0.4, -0.2) is 57.9 Å². The van der Waals surface area contributed by atoms with Crippen molar-refractivity contribution in [2.45, 2.75) is 31.5 Å². The quantitative estimate of drug-likeness (QED) is 0.381. The van der Waals surface area contributed by atoms with E-state index in [2.05, 4.69) is 16.0 Å². The number of oxazole rings is 1. The number of aromatic nitrogens is 3. The van der Waals surface area contributed by atoms with Crippen molar-refractivity contribution in [3.05, 3.63) is 70.5 Å². The van der Waals surface area contributed by atoms with E-state index in [4.69, 9.17) is 23.9 Å². The van der Waals surface area contributed by atoms with Gasteiger partial charge in [0.2, 0.25) is 0 Å². The number of nitrogens with zero attached hydrogens (tertiary/aromatic N) is 5. The van der Waals surface area contributed by atoms with E-state index in [1.54, 1.807) is 47.5 Å². The van der Waals surface area contributed by atoms with Gasteiger partial charge < -0.3 is 23.5 Å². The number of methoxy groups -OCH3 is 1. The lowest BCUT2D eigenvalue weighted by Crippen LogP contribution is -2.44.